The molecule has 2 aliphatic rings. The van der Waals surface area contributed by atoms with Crippen LogP contribution in [0.3, 0.4) is 0 Å². The molecule has 1 N–H and O–H groups in total. The van der Waals surface area contributed by atoms with Crippen LogP contribution in [0.5, 0.6) is 0 Å². The van der Waals surface area contributed by atoms with E-state index < -0.39 is 0 Å². The van der Waals surface area contributed by atoms with Crippen LogP contribution < -0.4 is 5.32 Å². The maximum Gasteiger partial charge on any atom is 0.223 e. The van der Waals surface area contributed by atoms with Crippen LogP contribution in [0, 0.1) is 5.92 Å². The average Bonchev–Trinajstić information content (AvgIpc) is 2.72. The number of carbonyl (C=O) groups excluding carboxylic acids is 1. The number of amides is 1. The van der Waals surface area contributed by atoms with E-state index >= 15 is 0 Å². The number of rotatable bonds is 2. The van der Waals surface area contributed by atoms with Crippen molar-refractivity contribution >= 4 is 5.91 Å². The number of hydrogen-bond donors (Lipinski definition) is 1. The maximum absolute atomic E-state index is 11.8. The van der Waals surface area contributed by atoms with Crippen LogP contribution in [-0.4, -0.2) is 11.9 Å². The van der Waals surface area contributed by atoms with E-state index in [2.05, 4.69) is 5.32 Å². The summed E-state index contributed by atoms with van der Waals surface area (Å²) in [6, 6.07) is 0.497. The highest BCUT2D eigenvalue weighted by molar-refractivity contribution is 5.79. The van der Waals surface area contributed by atoms with Gasteiger partial charge in [-0.3, -0.25) is 4.79 Å². The summed E-state index contributed by atoms with van der Waals surface area (Å²) < 4.78 is 0. The van der Waals surface area contributed by atoms with E-state index in [1.165, 1.54) is 44.9 Å². The number of nitrogens with one attached hydrogen (secondary N) is 1. The smallest absolute Gasteiger partial charge is 0.223 e. The van der Waals surface area contributed by atoms with Crippen LogP contribution in [0.2, 0.25) is 0 Å². The van der Waals surface area contributed by atoms with Crippen LogP contribution in [0.25, 0.3) is 0 Å². The van der Waals surface area contributed by atoms with Gasteiger partial charge in [0, 0.05) is 12.0 Å². The lowest BCUT2D eigenvalue weighted by Crippen LogP contribution is -2.39. The zero-order valence-electron chi connectivity index (χ0n) is 8.93. The van der Waals surface area contributed by atoms with E-state index in [0.29, 0.717) is 17.9 Å². The van der Waals surface area contributed by atoms with Crippen molar-refractivity contribution in [3.63, 3.8) is 0 Å². The molecule has 2 saturated carbocycles. The Kier molecular flexibility index (Phi) is 3.44. The number of carbonyl (C=O) groups is 1. The Morgan fingerprint density at radius 2 is 1.43 bits per heavy atom. The molecule has 14 heavy (non-hydrogen) atoms. The Hall–Kier alpha value is -0.530. The summed E-state index contributed by atoms with van der Waals surface area (Å²) in [7, 11) is 0. The third-order valence-corrected chi connectivity index (χ3v) is 3.68. The summed E-state index contributed by atoms with van der Waals surface area (Å²) in [5.74, 6) is 0.686. The molecule has 0 radical (unpaired) electrons. The molecule has 2 rings (SSSR count). The summed E-state index contributed by atoms with van der Waals surface area (Å²) in [5, 5.41) is 3.22. The largest absolute Gasteiger partial charge is 0.353 e. The quantitative estimate of drug-likeness (QED) is 0.721. The van der Waals surface area contributed by atoms with Crippen molar-refractivity contribution in [2.24, 2.45) is 5.92 Å². The topological polar surface area (TPSA) is 29.1 Å². The van der Waals surface area contributed by atoms with Gasteiger partial charge in [-0.25, -0.2) is 0 Å². The van der Waals surface area contributed by atoms with Crippen molar-refractivity contribution in [3.8, 4) is 0 Å². The van der Waals surface area contributed by atoms with Crippen molar-refractivity contribution < 1.29 is 4.79 Å². The van der Waals surface area contributed by atoms with E-state index in [1.54, 1.807) is 0 Å². The van der Waals surface area contributed by atoms with Crippen LogP contribution >= 0.6 is 0 Å². The zero-order chi connectivity index (χ0) is 9.80. The molecule has 0 spiro atoms. The van der Waals surface area contributed by atoms with Gasteiger partial charge in [0.15, 0.2) is 0 Å². The van der Waals surface area contributed by atoms with Gasteiger partial charge in [0.05, 0.1) is 0 Å². The van der Waals surface area contributed by atoms with Crippen molar-refractivity contribution in [2.45, 2.75) is 63.8 Å². The third kappa shape index (κ3) is 2.49. The predicted molar refractivity (Wildman–Crippen MR) is 57.0 cm³/mol. The second-order valence-corrected chi connectivity index (χ2v) is 4.82. The monoisotopic (exact) mass is 195 g/mol. The highest BCUT2D eigenvalue weighted by Gasteiger charge is 2.25. The summed E-state index contributed by atoms with van der Waals surface area (Å²) in [5.41, 5.74) is 0. The Labute approximate surface area is 86.5 Å². The molecule has 0 saturated heterocycles. The van der Waals surface area contributed by atoms with Gasteiger partial charge in [-0.05, 0) is 25.7 Å². The van der Waals surface area contributed by atoms with Gasteiger partial charge in [0.2, 0.25) is 5.91 Å². The van der Waals surface area contributed by atoms with Crippen molar-refractivity contribution in [1.29, 1.82) is 0 Å². The van der Waals surface area contributed by atoms with E-state index in [9.17, 15) is 4.79 Å². The molecular weight excluding hydrogens is 174 g/mol. The first-order chi connectivity index (χ1) is 6.86. The van der Waals surface area contributed by atoms with Crippen molar-refractivity contribution in [1.82, 2.24) is 5.32 Å². The minimum Gasteiger partial charge on any atom is -0.353 e. The van der Waals surface area contributed by atoms with Gasteiger partial charge < -0.3 is 5.32 Å². The van der Waals surface area contributed by atoms with Crippen LogP contribution in [0.1, 0.15) is 57.8 Å². The number of hydrogen-bond acceptors (Lipinski definition) is 1. The maximum atomic E-state index is 11.8. The minimum atomic E-state index is 0.342. The van der Waals surface area contributed by atoms with Crippen molar-refractivity contribution in [3.05, 3.63) is 0 Å². The van der Waals surface area contributed by atoms with Gasteiger partial charge in [0.1, 0.15) is 0 Å². The molecule has 2 heteroatoms. The third-order valence-electron chi connectivity index (χ3n) is 3.68. The zero-order valence-corrected chi connectivity index (χ0v) is 8.93. The average molecular weight is 195 g/mol. The molecule has 0 aromatic carbocycles. The normalized spacial score (nSPS) is 25.1. The van der Waals surface area contributed by atoms with Crippen molar-refractivity contribution in [2.75, 3.05) is 0 Å². The Balaban J connectivity index is 1.75. The molecule has 1 amide bonds. The SMILES string of the molecule is O=C(NC1CCCCC1)C1CCCC1. The second-order valence-electron chi connectivity index (χ2n) is 4.82. The first-order valence-electron chi connectivity index (χ1n) is 6.16. The first-order valence-corrected chi connectivity index (χ1v) is 6.16. The lowest BCUT2D eigenvalue weighted by atomic mass is 9.95. The highest BCUT2D eigenvalue weighted by Crippen LogP contribution is 2.25. The van der Waals surface area contributed by atoms with E-state index in [1.807, 2.05) is 0 Å². The van der Waals surface area contributed by atoms with E-state index in [4.69, 9.17) is 0 Å². The molecule has 2 aliphatic carbocycles. The second kappa shape index (κ2) is 4.81. The molecule has 0 atom stereocenters. The molecule has 0 aromatic heterocycles. The fourth-order valence-corrected chi connectivity index (χ4v) is 2.75. The summed E-state index contributed by atoms with van der Waals surface area (Å²) >= 11 is 0. The highest BCUT2D eigenvalue weighted by atomic mass is 16.1. The Morgan fingerprint density at radius 1 is 0.857 bits per heavy atom. The van der Waals surface area contributed by atoms with Gasteiger partial charge in [-0.1, -0.05) is 32.1 Å². The molecule has 0 aliphatic heterocycles. The lowest BCUT2D eigenvalue weighted by Gasteiger charge is -2.24. The van der Waals surface area contributed by atoms with E-state index in [0.717, 1.165) is 12.8 Å². The van der Waals surface area contributed by atoms with Crippen LogP contribution in [0.15, 0.2) is 0 Å². The summed E-state index contributed by atoms with van der Waals surface area (Å²) in [6.07, 6.45) is 11.1. The lowest BCUT2D eigenvalue weighted by molar-refractivity contribution is -0.125. The van der Waals surface area contributed by atoms with E-state index in [-0.39, 0.29) is 0 Å². The Morgan fingerprint density at radius 3 is 2.07 bits per heavy atom. The summed E-state index contributed by atoms with van der Waals surface area (Å²) in [4.78, 5) is 11.8. The molecule has 2 nitrogen and oxygen atoms in total. The molecule has 80 valence electrons. The standard InChI is InChI=1S/C12H21NO/c14-12(10-6-4-5-7-10)13-11-8-2-1-3-9-11/h10-11H,1-9H2,(H,13,14). The molecule has 0 unspecified atom stereocenters. The molecule has 0 aromatic rings. The fraction of sp³-hybridized carbons (Fsp3) is 0.917. The minimum absolute atomic E-state index is 0.342. The molecule has 0 heterocycles. The van der Waals surface area contributed by atoms with Gasteiger partial charge in [-0.15, -0.1) is 0 Å². The van der Waals surface area contributed by atoms with Gasteiger partial charge in [0.25, 0.3) is 0 Å². The fourth-order valence-electron chi connectivity index (χ4n) is 2.75. The Bertz CT molecular complexity index is 190. The molecule has 2 fully saturated rings. The predicted octanol–water partition coefficient (Wildman–Crippen LogP) is 2.63. The summed E-state index contributed by atoms with van der Waals surface area (Å²) in [6.45, 7) is 0. The molecular formula is C12H21NO. The first kappa shape index (κ1) is 10.0. The van der Waals surface area contributed by atoms with Crippen LogP contribution in [0.4, 0.5) is 0 Å². The van der Waals surface area contributed by atoms with Gasteiger partial charge in [-0.2, -0.15) is 0 Å². The molecule has 0 bridgehead atoms. The van der Waals surface area contributed by atoms with Crippen LogP contribution in [-0.2, 0) is 4.79 Å². The van der Waals surface area contributed by atoms with Gasteiger partial charge >= 0.3 is 0 Å².